The van der Waals surface area contributed by atoms with Crippen LogP contribution in [0.5, 0.6) is 0 Å². The van der Waals surface area contributed by atoms with Crippen LogP contribution in [-0.4, -0.2) is 38.5 Å². The van der Waals surface area contributed by atoms with Gasteiger partial charge in [-0.05, 0) is 6.07 Å². The molecule has 0 saturated carbocycles. The van der Waals surface area contributed by atoms with Gasteiger partial charge < -0.3 is 10.6 Å². The lowest BCUT2D eigenvalue weighted by atomic mass is 10.0. The topological polar surface area (TPSA) is 88.2 Å². The van der Waals surface area contributed by atoms with E-state index >= 15 is 0 Å². The maximum atomic E-state index is 9.30. The SMILES string of the molecule is Cn1cc(-c2cc(N3CC(N)C3)c3c(C#N)cnn3c2)cn1. The van der Waals surface area contributed by atoms with Crippen LogP contribution in [0.15, 0.2) is 30.9 Å². The number of nitrogens with zero attached hydrogens (tertiary/aromatic N) is 6. The zero-order valence-corrected chi connectivity index (χ0v) is 12.1. The molecule has 3 aromatic heterocycles. The summed E-state index contributed by atoms with van der Waals surface area (Å²) in [6, 6.07) is 4.48. The monoisotopic (exact) mass is 293 g/mol. The average molecular weight is 293 g/mol. The number of rotatable bonds is 2. The summed E-state index contributed by atoms with van der Waals surface area (Å²) in [4.78, 5) is 2.18. The predicted molar refractivity (Wildman–Crippen MR) is 82.3 cm³/mol. The Labute approximate surface area is 127 Å². The third kappa shape index (κ3) is 1.85. The van der Waals surface area contributed by atoms with Gasteiger partial charge in [0.2, 0.25) is 0 Å². The Morgan fingerprint density at radius 1 is 1.23 bits per heavy atom. The zero-order valence-electron chi connectivity index (χ0n) is 12.1. The maximum absolute atomic E-state index is 9.30. The van der Waals surface area contributed by atoms with Crippen LogP contribution in [0.25, 0.3) is 16.6 Å². The zero-order chi connectivity index (χ0) is 15.3. The number of nitriles is 1. The number of hydrogen-bond donors (Lipinski definition) is 1. The highest BCUT2D eigenvalue weighted by Crippen LogP contribution is 2.32. The van der Waals surface area contributed by atoms with E-state index in [4.69, 9.17) is 5.73 Å². The van der Waals surface area contributed by atoms with Crippen molar-refractivity contribution in [3.05, 3.63) is 36.4 Å². The fourth-order valence-electron chi connectivity index (χ4n) is 2.86. The first kappa shape index (κ1) is 12.9. The number of aromatic nitrogens is 4. The maximum Gasteiger partial charge on any atom is 0.107 e. The average Bonchev–Trinajstić information content (AvgIpc) is 3.09. The van der Waals surface area contributed by atoms with E-state index in [9.17, 15) is 5.26 Å². The first-order chi connectivity index (χ1) is 10.7. The van der Waals surface area contributed by atoms with E-state index in [1.165, 1.54) is 0 Å². The summed E-state index contributed by atoms with van der Waals surface area (Å²) in [7, 11) is 1.89. The molecule has 0 spiro atoms. The molecule has 1 saturated heterocycles. The van der Waals surface area contributed by atoms with E-state index in [0.717, 1.165) is 35.4 Å². The Hall–Kier alpha value is -2.85. The molecule has 22 heavy (non-hydrogen) atoms. The van der Waals surface area contributed by atoms with Gasteiger partial charge in [0.1, 0.15) is 11.6 Å². The van der Waals surface area contributed by atoms with Gasteiger partial charge in [-0.2, -0.15) is 15.5 Å². The third-order valence-electron chi connectivity index (χ3n) is 4.00. The smallest absolute Gasteiger partial charge is 0.107 e. The van der Waals surface area contributed by atoms with Gasteiger partial charge in [0, 0.05) is 49.7 Å². The predicted octanol–water partition coefficient (Wildman–Crippen LogP) is 0.754. The molecule has 0 amide bonds. The van der Waals surface area contributed by atoms with Crippen molar-refractivity contribution >= 4 is 11.2 Å². The van der Waals surface area contributed by atoms with Crippen molar-refractivity contribution in [3.63, 3.8) is 0 Å². The van der Waals surface area contributed by atoms with Crippen molar-refractivity contribution in [3.8, 4) is 17.2 Å². The normalized spacial score (nSPS) is 15.0. The van der Waals surface area contributed by atoms with Crippen LogP contribution in [0, 0.1) is 11.3 Å². The highest BCUT2D eigenvalue weighted by atomic mass is 15.3. The Morgan fingerprint density at radius 3 is 2.68 bits per heavy atom. The summed E-state index contributed by atoms with van der Waals surface area (Å²) in [6.45, 7) is 1.59. The number of hydrogen-bond acceptors (Lipinski definition) is 5. The Kier molecular flexibility index (Phi) is 2.68. The van der Waals surface area contributed by atoms with Gasteiger partial charge in [0.15, 0.2) is 0 Å². The molecule has 1 aliphatic heterocycles. The van der Waals surface area contributed by atoms with Crippen molar-refractivity contribution in [2.75, 3.05) is 18.0 Å². The fourth-order valence-corrected chi connectivity index (χ4v) is 2.86. The molecule has 0 radical (unpaired) electrons. The second-order valence-electron chi connectivity index (χ2n) is 5.64. The summed E-state index contributed by atoms with van der Waals surface area (Å²) in [5.74, 6) is 0. The number of nitrogens with two attached hydrogens (primary N) is 1. The molecule has 4 heterocycles. The van der Waals surface area contributed by atoms with Crippen LogP contribution < -0.4 is 10.6 Å². The molecule has 0 aromatic carbocycles. The molecule has 2 N–H and O–H groups in total. The van der Waals surface area contributed by atoms with Crippen molar-refractivity contribution in [2.45, 2.75) is 6.04 Å². The molecule has 0 aliphatic carbocycles. The second-order valence-corrected chi connectivity index (χ2v) is 5.64. The molecule has 110 valence electrons. The Morgan fingerprint density at radius 2 is 2.05 bits per heavy atom. The lowest BCUT2D eigenvalue weighted by Crippen LogP contribution is -2.56. The van der Waals surface area contributed by atoms with Gasteiger partial charge in [-0.25, -0.2) is 4.52 Å². The minimum Gasteiger partial charge on any atom is -0.366 e. The van der Waals surface area contributed by atoms with Crippen LogP contribution in [0.4, 0.5) is 5.69 Å². The fraction of sp³-hybridized carbons (Fsp3) is 0.267. The molecule has 1 aliphatic rings. The van der Waals surface area contributed by atoms with Crippen LogP contribution in [-0.2, 0) is 7.05 Å². The molecule has 3 aromatic rings. The van der Waals surface area contributed by atoms with Gasteiger partial charge in [-0.3, -0.25) is 4.68 Å². The van der Waals surface area contributed by atoms with E-state index in [-0.39, 0.29) is 6.04 Å². The van der Waals surface area contributed by atoms with Crippen LogP contribution in [0.3, 0.4) is 0 Å². The molecule has 0 unspecified atom stereocenters. The van der Waals surface area contributed by atoms with Gasteiger partial charge in [0.25, 0.3) is 0 Å². The van der Waals surface area contributed by atoms with Gasteiger partial charge >= 0.3 is 0 Å². The quantitative estimate of drug-likeness (QED) is 0.753. The Balaban J connectivity index is 1.92. The number of fused-ring (bicyclic) bond motifs is 1. The number of aryl methyl sites for hydroxylation is 1. The molecular formula is C15H15N7. The molecule has 0 atom stereocenters. The molecule has 7 heteroatoms. The highest BCUT2D eigenvalue weighted by Gasteiger charge is 2.27. The molecule has 4 rings (SSSR count). The summed E-state index contributed by atoms with van der Waals surface area (Å²) in [5, 5.41) is 17.8. The largest absolute Gasteiger partial charge is 0.366 e. The highest BCUT2D eigenvalue weighted by molar-refractivity contribution is 5.84. The lowest BCUT2D eigenvalue weighted by molar-refractivity contribution is 0.520. The minimum absolute atomic E-state index is 0.190. The van der Waals surface area contributed by atoms with Crippen molar-refractivity contribution < 1.29 is 0 Å². The van der Waals surface area contributed by atoms with E-state index in [2.05, 4.69) is 27.2 Å². The van der Waals surface area contributed by atoms with Crippen LogP contribution in [0.2, 0.25) is 0 Å². The molecule has 0 bridgehead atoms. The first-order valence-electron chi connectivity index (χ1n) is 7.07. The summed E-state index contributed by atoms with van der Waals surface area (Å²) < 4.78 is 3.53. The lowest BCUT2D eigenvalue weighted by Gasteiger charge is -2.39. The molecule has 1 fully saturated rings. The van der Waals surface area contributed by atoms with Crippen molar-refractivity contribution in [1.82, 2.24) is 19.4 Å². The van der Waals surface area contributed by atoms with Crippen LogP contribution >= 0.6 is 0 Å². The van der Waals surface area contributed by atoms with E-state index in [0.29, 0.717) is 5.56 Å². The summed E-state index contributed by atoms with van der Waals surface area (Å²) in [5.41, 5.74) is 10.4. The van der Waals surface area contributed by atoms with Crippen molar-refractivity contribution in [2.24, 2.45) is 12.8 Å². The molecule has 7 nitrogen and oxygen atoms in total. The van der Waals surface area contributed by atoms with Crippen LogP contribution in [0.1, 0.15) is 5.56 Å². The van der Waals surface area contributed by atoms with Gasteiger partial charge in [-0.15, -0.1) is 0 Å². The van der Waals surface area contributed by atoms with E-state index in [1.54, 1.807) is 15.4 Å². The first-order valence-corrected chi connectivity index (χ1v) is 7.07. The number of anilines is 1. The summed E-state index contributed by atoms with van der Waals surface area (Å²) >= 11 is 0. The molecular weight excluding hydrogens is 278 g/mol. The van der Waals surface area contributed by atoms with E-state index < -0.39 is 0 Å². The van der Waals surface area contributed by atoms with Crippen molar-refractivity contribution in [1.29, 1.82) is 5.26 Å². The van der Waals surface area contributed by atoms with Gasteiger partial charge in [-0.1, -0.05) is 0 Å². The minimum atomic E-state index is 0.190. The summed E-state index contributed by atoms with van der Waals surface area (Å²) in [6.07, 6.45) is 7.31. The standard InChI is InChI=1S/C15H15N7/c1-20-6-12(5-18-20)10-2-14(21-8-13(17)9-21)15-11(3-16)4-19-22(15)7-10/h2,4-7,13H,8-9,17H2,1H3. The van der Waals surface area contributed by atoms with E-state index in [1.807, 2.05) is 25.6 Å². The van der Waals surface area contributed by atoms with Gasteiger partial charge in [0.05, 0.1) is 23.6 Å². The Bertz CT molecular complexity index is 892. The number of pyridine rings is 1. The second kappa shape index (κ2) is 4.58. The third-order valence-corrected chi connectivity index (χ3v) is 4.00.